The molecule has 4 rings (SSSR count). The quantitative estimate of drug-likeness (QED) is 0.895. The molecule has 2 aromatic rings. The van der Waals surface area contributed by atoms with Gasteiger partial charge in [-0.3, -0.25) is 9.59 Å². The minimum Gasteiger partial charge on any atom is -0.337 e. The van der Waals surface area contributed by atoms with Crippen molar-refractivity contribution < 1.29 is 4.79 Å². The van der Waals surface area contributed by atoms with Crippen LogP contribution in [0.3, 0.4) is 0 Å². The van der Waals surface area contributed by atoms with Crippen molar-refractivity contribution in [1.29, 1.82) is 0 Å². The van der Waals surface area contributed by atoms with Gasteiger partial charge in [0.05, 0.1) is 5.69 Å². The van der Waals surface area contributed by atoms with Crippen LogP contribution in [0.5, 0.6) is 0 Å². The molecule has 0 radical (unpaired) electrons. The van der Waals surface area contributed by atoms with Gasteiger partial charge in [0, 0.05) is 25.2 Å². The highest BCUT2D eigenvalue weighted by molar-refractivity contribution is 5.92. The Balaban J connectivity index is 1.61. The Bertz CT molecular complexity index is 817. The zero-order chi connectivity index (χ0) is 16.7. The van der Waals surface area contributed by atoms with Gasteiger partial charge in [-0.15, -0.1) is 0 Å². The number of nitrogens with zero attached hydrogens (tertiary/aromatic N) is 3. The smallest absolute Gasteiger partial charge is 0.274 e. The summed E-state index contributed by atoms with van der Waals surface area (Å²) >= 11 is 0. The summed E-state index contributed by atoms with van der Waals surface area (Å²) in [5.74, 6) is 0.777. The third-order valence-corrected chi connectivity index (χ3v) is 5.22. The number of benzene rings is 1. The summed E-state index contributed by atoms with van der Waals surface area (Å²) in [4.78, 5) is 26.7. The van der Waals surface area contributed by atoms with E-state index >= 15 is 0 Å². The fourth-order valence-electron chi connectivity index (χ4n) is 3.91. The van der Waals surface area contributed by atoms with E-state index in [9.17, 15) is 9.59 Å². The molecule has 2 heterocycles. The summed E-state index contributed by atoms with van der Waals surface area (Å²) in [6.07, 6.45) is 2.14. The molecule has 1 aromatic heterocycles. The maximum absolute atomic E-state index is 12.8. The van der Waals surface area contributed by atoms with Crippen LogP contribution in [0.25, 0.3) is 5.69 Å². The lowest BCUT2D eigenvalue weighted by molar-refractivity contribution is 0.0771. The number of carbonyl (C=O) groups excluding carboxylic acids is 1. The van der Waals surface area contributed by atoms with Crippen LogP contribution in [0.15, 0.2) is 47.3 Å². The molecule has 24 heavy (non-hydrogen) atoms. The van der Waals surface area contributed by atoms with Crippen molar-refractivity contribution in [3.8, 4) is 5.69 Å². The maximum Gasteiger partial charge on any atom is 0.274 e. The van der Waals surface area contributed by atoms with Crippen molar-refractivity contribution in [2.45, 2.75) is 18.9 Å². The van der Waals surface area contributed by atoms with Crippen molar-refractivity contribution in [1.82, 2.24) is 14.7 Å². The average molecular weight is 324 g/mol. The van der Waals surface area contributed by atoms with Crippen LogP contribution in [0.4, 0.5) is 0 Å². The summed E-state index contributed by atoms with van der Waals surface area (Å²) in [6.45, 7) is 1.43. The van der Waals surface area contributed by atoms with Crippen LogP contribution in [0.2, 0.25) is 0 Å². The van der Waals surface area contributed by atoms with Crippen LogP contribution in [0.1, 0.15) is 23.3 Å². The van der Waals surface area contributed by atoms with E-state index in [0.717, 1.165) is 19.4 Å². The topological polar surface area (TPSA) is 81.2 Å². The van der Waals surface area contributed by atoms with E-state index in [4.69, 9.17) is 5.73 Å². The van der Waals surface area contributed by atoms with Gasteiger partial charge in [-0.1, -0.05) is 18.2 Å². The molecule has 1 aliphatic carbocycles. The van der Waals surface area contributed by atoms with Crippen LogP contribution in [-0.2, 0) is 0 Å². The number of hydrogen-bond acceptors (Lipinski definition) is 4. The minimum absolute atomic E-state index is 0.124. The normalized spacial score (nSPS) is 25.7. The molecule has 1 saturated heterocycles. The van der Waals surface area contributed by atoms with Crippen molar-refractivity contribution >= 4 is 5.91 Å². The summed E-state index contributed by atoms with van der Waals surface area (Å²) in [6, 6.07) is 12.2. The second-order valence-corrected chi connectivity index (χ2v) is 6.68. The number of fused-ring (bicyclic) bond motifs is 1. The first-order valence-corrected chi connectivity index (χ1v) is 8.34. The monoisotopic (exact) mass is 324 g/mol. The number of carbonyl (C=O) groups is 1. The van der Waals surface area contributed by atoms with E-state index in [1.54, 1.807) is 12.1 Å². The molecule has 0 spiro atoms. The van der Waals surface area contributed by atoms with Gasteiger partial charge in [-0.2, -0.15) is 9.78 Å². The second-order valence-electron chi connectivity index (χ2n) is 6.68. The Labute approximate surface area is 139 Å². The van der Waals surface area contributed by atoms with Gasteiger partial charge in [0.25, 0.3) is 11.5 Å². The summed E-state index contributed by atoms with van der Waals surface area (Å²) in [5.41, 5.74) is 6.84. The number of rotatable bonds is 2. The highest BCUT2D eigenvalue weighted by Gasteiger charge is 2.42. The van der Waals surface area contributed by atoms with Crippen molar-refractivity contribution in [3.05, 3.63) is 58.5 Å². The lowest BCUT2D eigenvalue weighted by atomic mass is 9.98. The summed E-state index contributed by atoms with van der Waals surface area (Å²) < 4.78 is 1.27. The number of hydrogen-bond donors (Lipinski definition) is 1. The molecular formula is C18H20N4O2. The number of likely N-dealkylation sites (tertiary alicyclic amines) is 1. The lowest BCUT2D eigenvalue weighted by Crippen LogP contribution is -2.35. The third-order valence-electron chi connectivity index (χ3n) is 5.22. The first-order valence-electron chi connectivity index (χ1n) is 8.34. The zero-order valence-corrected chi connectivity index (χ0v) is 13.3. The number of para-hydroxylation sites is 1. The van der Waals surface area contributed by atoms with Crippen LogP contribution < -0.4 is 11.3 Å². The molecule has 6 nitrogen and oxygen atoms in total. The first-order chi connectivity index (χ1) is 11.6. The molecule has 3 unspecified atom stereocenters. The highest BCUT2D eigenvalue weighted by Crippen LogP contribution is 2.37. The Morgan fingerprint density at radius 3 is 2.62 bits per heavy atom. The first kappa shape index (κ1) is 15.1. The van der Waals surface area contributed by atoms with Crippen LogP contribution in [0, 0.1) is 11.8 Å². The van der Waals surface area contributed by atoms with Gasteiger partial charge < -0.3 is 10.6 Å². The molecule has 1 aliphatic heterocycles. The molecular weight excluding hydrogens is 304 g/mol. The standard InChI is InChI=1S/C18H20N4O2/c19-15-7-6-12-10-21(11-14(12)15)18(24)16-8-9-17(23)22(20-16)13-4-2-1-3-5-13/h1-5,8-9,12,14-15H,6-7,10-11,19H2. The van der Waals surface area contributed by atoms with Crippen molar-refractivity contribution in [3.63, 3.8) is 0 Å². The molecule has 2 fully saturated rings. The van der Waals surface area contributed by atoms with Gasteiger partial charge in [0.15, 0.2) is 0 Å². The molecule has 1 amide bonds. The van der Waals surface area contributed by atoms with Gasteiger partial charge in [-0.05, 0) is 42.9 Å². The summed E-state index contributed by atoms with van der Waals surface area (Å²) in [5, 5.41) is 4.28. The van der Waals surface area contributed by atoms with E-state index in [2.05, 4.69) is 5.10 Å². The van der Waals surface area contributed by atoms with E-state index in [-0.39, 0.29) is 17.5 Å². The molecule has 1 aromatic carbocycles. The predicted molar refractivity (Wildman–Crippen MR) is 89.9 cm³/mol. The zero-order valence-electron chi connectivity index (χ0n) is 13.3. The van der Waals surface area contributed by atoms with Crippen molar-refractivity contribution in [2.75, 3.05) is 13.1 Å². The largest absolute Gasteiger partial charge is 0.337 e. The van der Waals surface area contributed by atoms with E-state index < -0.39 is 0 Å². The van der Waals surface area contributed by atoms with E-state index in [0.29, 0.717) is 29.8 Å². The molecule has 1 saturated carbocycles. The Morgan fingerprint density at radius 2 is 1.88 bits per heavy atom. The number of aromatic nitrogens is 2. The number of nitrogens with two attached hydrogens (primary N) is 1. The lowest BCUT2D eigenvalue weighted by Gasteiger charge is -2.18. The fourth-order valence-corrected chi connectivity index (χ4v) is 3.91. The van der Waals surface area contributed by atoms with Crippen LogP contribution in [-0.4, -0.2) is 39.7 Å². The Kier molecular flexibility index (Phi) is 3.69. The SMILES string of the molecule is NC1CCC2CN(C(=O)c3ccc(=O)n(-c4ccccc4)n3)CC12. The predicted octanol–water partition coefficient (Wildman–Crippen LogP) is 1.04. The molecule has 2 aliphatic rings. The second kappa shape index (κ2) is 5.87. The third kappa shape index (κ3) is 2.53. The minimum atomic E-state index is -0.252. The molecule has 124 valence electrons. The fraction of sp³-hybridized carbons (Fsp3) is 0.389. The van der Waals surface area contributed by atoms with Gasteiger partial charge in [-0.25, -0.2) is 0 Å². The summed E-state index contributed by atoms with van der Waals surface area (Å²) in [7, 11) is 0. The average Bonchev–Trinajstić information content (AvgIpc) is 3.18. The molecule has 0 bridgehead atoms. The van der Waals surface area contributed by atoms with Gasteiger partial charge in [0.1, 0.15) is 5.69 Å². The van der Waals surface area contributed by atoms with E-state index in [1.165, 1.54) is 16.8 Å². The Hall–Kier alpha value is -2.47. The highest BCUT2D eigenvalue weighted by atomic mass is 16.2. The molecule has 3 atom stereocenters. The van der Waals surface area contributed by atoms with Crippen LogP contribution >= 0.6 is 0 Å². The van der Waals surface area contributed by atoms with E-state index in [1.807, 2.05) is 23.1 Å². The van der Waals surface area contributed by atoms with Gasteiger partial charge in [0.2, 0.25) is 0 Å². The maximum atomic E-state index is 12.8. The molecule has 6 heteroatoms. The van der Waals surface area contributed by atoms with Crippen molar-refractivity contribution in [2.24, 2.45) is 17.6 Å². The van der Waals surface area contributed by atoms with Gasteiger partial charge >= 0.3 is 0 Å². The number of amides is 1. The Morgan fingerprint density at radius 1 is 1.08 bits per heavy atom. The molecule has 2 N–H and O–H groups in total.